The molecule has 0 aromatic heterocycles. The maximum atomic E-state index is 12.2. The summed E-state index contributed by atoms with van der Waals surface area (Å²) in [6.45, 7) is 4.11. The summed E-state index contributed by atoms with van der Waals surface area (Å²) in [6, 6.07) is 0. The third-order valence-electron chi connectivity index (χ3n) is 9.41. The quantitative estimate of drug-likeness (QED) is 0.0392. The second-order valence-electron chi connectivity index (χ2n) is 14.4. The van der Waals surface area contributed by atoms with E-state index in [-0.39, 0.29) is 25.2 Å². The number of allylic oxidation sites excluding steroid dienone is 6. The van der Waals surface area contributed by atoms with Crippen molar-refractivity contribution in [2.45, 2.75) is 225 Å². The zero-order chi connectivity index (χ0) is 36.4. The molecule has 0 fully saturated rings. The van der Waals surface area contributed by atoms with Crippen LogP contribution in [0.5, 0.6) is 0 Å². The molecule has 0 aliphatic heterocycles. The van der Waals surface area contributed by atoms with Gasteiger partial charge in [-0.05, 0) is 70.6 Å². The molecule has 0 radical (unpaired) electrons. The van der Waals surface area contributed by atoms with Gasteiger partial charge in [-0.3, -0.25) is 9.59 Å². The molecule has 5 nitrogen and oxygen atoms in total. The molecular weight excluding hydrogens is 620 g/mol. The highest BCUT2D eigenvalue weighted by Gasteiger charge is 2.16. The molecule has 0 saturated heterocycles. The number of carbonyl (C=O) groups excluding carboxylic acids is 2. The van der Waals surface area contributed by atoms with Crippen LogP contribution >= 0.6 is 0 Å². The number of esters is 2. The maximum absolute atomic E-state index is 12.2. The molecule has 292 valence electrons. The third-order valence-corrected chi connectivity index (χ3v) is 9.41. The van der Waals surface area contributed by atoms with E-state index in [0.29, 0.717) is 12.8 Å². The summed E-state index contributed by atoms with van der Waals surface area (Å²) in [5, 5.41) is 9.58. The van der Waals surface area contributed by atoms with Crippen LogP contribution in [-0.2, 0) is 19.1 Å². The van der Waals surface area contributed by atoms with Gasteiger partial charge < -0.3 is 14.6 Å². The van der Waals surface area contributed by atoms with Gasteiger partial charge in [-0.2, -0.15) is 0 Å². The van der Waals surface area contributed by atoms with Crippen LogP contribution in [0, 0.1) is 0 Å². The molecule has 5 heteroatoms. The Labute approximate surface area is 310 Å². The molecule has 0 heterocycles. The van der Waals surface area contributed by atoms with Crippen LogP contribution in [0.4, 0.5) is 0 Å². The highest BCUT2D eigenvalue weighted by molar-refractivity contribution is 5.70. The van der Waals surface area contributed by atoms with Gasteiger partial charge in [0.15, 0.2) is 6.10 Å². The smallest absolute Gasteiger partial charge is 0.306 e. The lowest BCUT2D eigenvalue weighted by Crippen LogP contribution is -2.28. The van der Waals surface area contributed by atoms with Crippen molar-refractivity contribution in [2.75, 3.05) is 13.2 Å². The Morgan fingerprint density at radius 1 is 0.460 bits per heavy atom. The molecule has 0 aromatic rings. The van der Waals surface area contributed by atoms with Crippen LogP contribution in [-0.4, -0.2) is 36.4 Å². The van der Waals surface area contributed by atoms with E-state index < -0.39 is 6.10 Å². The Balaban J connectivity index is 3.54. The van der Waals surface area contributed by atoms with Gasteiger partial charge in [0.1, 0.15) is 6.61 Å². The molecule has 0 aromatic carbocycles. The highest BCUT2D eigenvalue weighted by atomic mass is 16.6. The van der Waals surface area contributed by atoms with Crippen LogP contribution in [0.2, 0.25) is 0 Å². The fraction of sp³-hybridized carbons (Fsp3) is 0.822. The lowest BCUT2D eigenvalue weighted by Gasteiger charge is -2.15. The second kappa shape index (κ2) is 41.5. The lowest BCUT2D eigenvalue weighted by atomic mass is 10.1. The molecule has 0 bridgehead atoms. The summed E-state index contributed by atoms with van der Waals surface area (Å²) >= 11 is 0. The summed E-state index contributed by atoms with van der Waals surface area (Å²) < 4.78 is 10.6. The summed E-state index contributed by atoms with van der Waals surface area (Å²) in [7, 11) is 0. The summed E-state index contributed by atoms with van der Waals surface area (Å²) in [4.78, 5) is 24.3. The molecule has 0 rings (SSSR count). The van der Waals surface area contributed by atoms with E-state index >= 15 is 0 Å². The van der Waals surface area contributed by atoms with Crippen LogP contribution in [0.3, 0.4) is 0 Å². The van der Waals surface area contributed by atoms with Crippen LogP contribution < -0.4 is 0 Å². The predicted octanol–water partition coefficient (Wildman–Crippen LogP) is 13.6. The van der Waals surface area contributed by atoms with Gasteiger partial charge in [0, 0.05) is 12.8 Å². The minimum atomic E-state index is -0.774. The Hall–Kier alpha value is -1.88. The van der Waals surface area contributed by atoms with Crippen molar-refractivity contribution in [3.8, 4) is 0 Å². The van der Waals surface area contributed by atoms with Crippen LogP contribution in [0.1, 0.15) is 219 Å². The molecule has 0 aliphatic carbocycles. The van der Waals surface area contributed by atoms with Gasteiger partial charge in [-0.15, -0.1) is 0 Å². The normalized spacial score (nSPS) is 12.5. The van der Waals surface area contributed by atoms with Gasteiger partial charge in [0.05, 0.1) is 6.61 Å². The minimum absolute atomic E-state index is 0.0682. The minimum Gasteiger partial charge on any atom is -0.462 e. The average molecular weight is 703 g/mol. The summed E-state index contributed by atoms with van der Waals surface area (Å²) in [5.41, 5.74) is 0. The fourth-order valence-electron chi connectivity index (χ4n) is 6.11. The van der Waals surface area contributed by atoms with Crippen molar-refractivity contribution < 1.29 is 24.2 Å². The number of rotatable bonds is 39. The number of hydrogen-bond acceptors (Lipinski definition) is 5. The Bertz CT molecular complexity index is 801. The van der Waals surface area contributed by atoms with Crippen molar-refractivity contribution in [1.29, 1.82) is 0 Å². The van der Waals surface area contributed by atoms with E-state index in [1.54, 1.807) is 0 Å². The lowest BCUT2D eigenvalue weighted by molar-refractivity contribution is -0.161. The first-order chi connectivity index (χ1) is 24.6. The largest absolute Gasteiger partial charge is 0.462 e. The van der Waals surface area contributed by atoms with E-state index in [2.05, 4.69) is 50.3 Å². The summed E-state index contributed by atoms with van der Waals surface area (Å²) in [6.07, 6.45) is 50.6. The fourth-order valence-corrected chi connectivity index (χ4v) is 6.11. The molecular formula is C45H82O5. The van der Waals surface area contributed by atoms with Gasteiger partial charge in [-0.25, -0.2) is 0 Å². The molecule has 1 atom stereocenters. The number of hydrogen-bond donors (Lipinski definition) is 1. The SMILES string of the molecule is CCCCC/C=C/C/C=C/CCCCCCCCCCCC(=O)OC[C@H](CO)OC(=O)CCCCCCCCC/C=C/CCCCCCCC. The van der Waals surface area contributed by atoms with E-state index in [9.17, 15) is 14.7 Å². The topological polar surface area (TPSA) is 72.8 Å². The highest BCUT2D eigenvalue weighted by Crippen LogP contribution is 2.14. The second-order valence-corrected chi connectivity index (χ2v) is 14.4. The first kappa shape index (κ1) is 48.1. The van der Waals surface area contributed by atoms with E-state index in [1.807, 2.05) is 0 Å². The zero-order valence-corrected chi connectivity index (χ0v) is 33.2. The predicted molar refractivity (Wildman–Crippen MR) is 214 cm³/mol. The number of unbranched alkanes of at least 4 members (excludes halogenated alkanes) is 25. The van der Waals surface area contributed by atoms with Crippen molar-refractivity contribution in [3.05, 3.63) is 36.5 Å². The van der Waals surface area contributed by atoms with Gasteiger partial charge in [-0.1, -0.05) is 172 Å². The summed E-state index contributed by atoms with van der Waals surface area (Å²) in [5.74, 6) is -0.595. The Morgan fingerprint density at radius 3 is 1.24 bits per heavy atom. The van der Waals surface area contributed by atoms with Gasteiger partial charge >= 0.3 is 11.9 Å². The monoisotopic (exact) mass is 703 g/mol. The van der Waals surface area contributed by atoms with E-state index in [4.69, 9.17) is 9.47 Å². The van der Waals surface area contributed by atoms with Gasteiger partial charge in [0.25, 0.3) is 0 Å². The molecule has 0 aliphatic rings. The van der Waals surface area contributed by atoms with Crippen molar-refractivity contribution in [2.24, 2.45) is 0 Å². The van der Waals surface area contributed by atoms with Gasteiger partial charge in [0.2, 0.25) is 0 Å². The number of aliphatic hydroxyl groups excluding tert-OH is 1. The first-order valence-electron chi connectivity index (χ1n) is 21.5. The van der Waals surface area contributed by atoms with E-state index in [1.165, 1.54) is 148 Å². The standard InChI is InChI=1S/C45H82O5/c1-3-5-7-9-11-13-15-17-19-21-22-24-25-27-29-31-33-35-37-39-44(47)49-42-43(41-46)50-45(48)40-38-36-34-32-30-28-26-23-20-18-16-14-12-10-8-6-4-2/h11,13,17-20,43,46H,3-10,12,14-16,21-42H2,1-2H3/b13-11+,19-17+,20-18+/t43-/m0/s1. The molecule has 0 saturated carbocycles. The molecule has 50 heavy (non-hydrogen) atoms. The zero-order valence-electron chi connectivity index (χ0n) is 33.2. The Morgan fingerprint density at radius 2 is 0.800 bits per heavy atom. The molecule has 1 N–H and O–H groups in total. The van der Waals surface area contributed by atoms with E-state index in [0.717, 1.165) is 44.9 Å². The molecule has 0 amide bonds. The number of carbonyl (C=O) groups is 2. The molecule has 0 spiro atoms. The number of ether oxygens (including phenoxy) is 2. The maximum Gasteiger partial charge on any atom is 0.306 e. The van der Waals surface area contributed by atoms with Crippen molar-refractivity contribution >= 4 is 11.9 Å². The number of aliphatic hydroxyl groups is 1. The van der Waals surface area contributed by atoms with Crippen molar-refractivity contribution in [3.63, 3.8) is 0 Å². The van der Waals surface area contributed by atoms with Crippen LogP contribution in [0.25, 0.3) is 0 Å². The molecule has 0 unspecified atom stereocenters. The van der Waals surface area contributed by atoms with Crippen molar-refractivity contribution in [1.82, 2.24) is 0 Å². The average Bonchev–Trinajstić information content (AvgIpc) is 3.12. The first-order valence-corrected chi connectivity index (χ1v) is 21.5. The van der Waals surface area contributed by atoms with Crippen LogP contribution in [0.15, 0.2) is 36.5 Å². The third kappa shape index (κ3) is 38.9. The Kier molecular flexibility index (Phi) is 40.0.